The van der Waals surface area contributed by atoms with Gasteiger partial charge in [0.2, 0.25) is 5.91 Å². The molecule has 0 saturated heterocycles. The average molecular weight is 293 g/mol. The first kappa shape index (κ1) is 13.4. The van der Waals surface area contributed by atoms with Crippen LogP contribution in [0.5, 0.6) is 5.75 Å². The number of hydrogen-bond acceptors (Lipinski definition) is 2. The second kappa shape index (κ2) is 5.48. The van der Waals surface area contributed by atoms with Crippen molar-refractivity contribution in [2.24, 2.45) is 0 Å². The Balaban J connectivity index is 1.55. The molecule has 0 saturated carbocycles. The lowest BCUT2D eigenvalue weighted by Crippen LogP contribution is -2.36. The Hall–Kier alpha value is -2.29. The molecule has 4 rings (SSSR count). The molecule has 2 aliphatic heterocycles. The monoisotopic (exact) mass is 293 g/mol. The summed E-state index contributed by atoms with van der Waals surface area (Å²) >= 11 is 0. The number of carbonyl (C=O) groups excluding carboxylic acids is 1. The predicted octanol–water partition coefficient (Wildman–Crippen LogP) is 3.53. The molecule has 3 heteroatoms. The molecular weight excluding hydrogens is 274 g/mol. The lowest BCUT2D eigenvalue weighted by atomic mass is 9.95. The summed E-state index contributed by atoms with van der Waals surface area (Å²) in [5.41, 5.74) is 3.54. The van der Waals surface area contributed by atoms with Crippen molar-refractivity contribution in [2.45, 2.75) is 25.2 Å². The van der Waals surface area contributed by atoms with Crippen LogP contribution in [0.15, 0.2) is 48.5 Å². The van der Waals surface area contributed by atoms with Crippen LogP contribution in [0.2, 0.25) is 0 Å². The van der Waals surface area contributed by atoms with Crippen LogP contribution in [0.25, 0.3) is 0 Å². The minimum atomic E-state index is 0.179. The van der Waals surface area contributed by atoms with E-state index >= 15 is 0 Å². The van der Waals surface area contributed by atoms with E-state index in [0.29, 0.717) is 13.0 Å². The Bertz CT molecular complexity index is 710. The first-order valence-corrected chi connectivity index (χ1v) is 7.93. The summed E-state index contributed by atoms with van der Waals surface area (Å²) in [5.74, 6) is 1.31. The number of fused-ring (bicyclic) bond motifs is 2. The fraction of sp³-hybridized carbons (Fsp3) is 0.316. The predicted molar refractivity (Wildman–Crippen MR) is 86.4 cm³/mol. The molecule has 22 heavy (non-hydrogen) atoms. The second-order valence-corrected chi connectivity index (χ2v) is 6.03. The van der Waals surface area contributed by atoms with Gasteiger partial charge in [0.1, 0.15) is 5.75 Å². The molecular formula is C19H19NO2. The molecule has 0 radical (unpaired) electrons. The van der Waals surface area contributed by atoms with Gasteiger partial charge in [-0.15, -0.1) is 0 Å². The molecule has 112 valence electrons. The zero-order valence-corrected chi connectivity index (χ0v) is 12.5. The van der Waals surface area contributed by atoms with Crippen LogP contribution in [0.1, 0.15) is 29.9 Å². The first-order valence-electron chi connectivity index (χ1n) is 7.93. The van der Waals surface area contributed by atoms with Crippen molar-refractivity contribution in [3.63, 3.8) is 0 Å². The summed E-state index contributed by atoms with van der Waals surface area (Å²) < 4.78 is 5.70. The number of para-hydroxylation sites is 2. The smallest absolute Gasteiger partial charge is 0.227 e. The van der Waals surface area contributed by atoms with Gasteiger partial charge in [0.15, 0.2) is 0 Å². The Morgan fingerprint density at radius 3 is 2.91 bits per heavy atom. The maximum absolute atomic E-state index is 12.8. The third-order valence-corrected chi connectivity index (χ3v) is 4.63. The van der Waals surface area contributed by atoms with Gasteiger partial charge < -0.3 is 9.64 Å². The molecule has 2 aromatic rings. The van der Waals surface area contributed by atoms with Gasteiger partial charge in [0, 0.05) is 30.1 Å². The van der Waals surface area contributed by atoms with Crippen molar-refractivity contribution in [3.05, 3.63) is 59.7 Å². The number of benzene rings is 2. The highest BCUT2D eigenvalue weighted by molar-refractivity contribution is 5.95. The summed E-state index contributed by atoms with van der Waals surface area (Å²) in [7, 11) is 0. The molecule has 1 atom stereocenters. The van der Waals surface area contributed by atoms with Crippen molar-refractivity contribution in [1.29, 1.82) is 0 Å². The number of nitrogens with zero attached hydrogens (tertiary/aromatic N) is 1. The average Bonchev–Trinajstić information content (AvgIpc) is 2.97. The molecule has 2 heterocycles. The van der Waals surface area contributed by atoms with E-state index in [9.17, 15) is 4.79 Å². The molecule has 0 N–H and O–H groups in total. The summed E-state index contributed by atoms with van der Waals surface area (Å²) in [4.78, 5) is 14.8. The highest BCUT2D eigenvalue weighted by Crippen LogP contribution is 2.36. The highest BCUT2D eigenvalue weighted by Gasteiger charge is 2.29. The SMILES string of the molecule is O=C(CC1COc2ccccc21)N1CCCc2ccccc21. The van der Waals surface area contributed by atoms with Crippen LogP contribution < -0.4 is 9.64 Å². The molecule has 1 amide bonds. The van der Waals surface area contributed by atoms with E-state index in [2.05, 4.69) is 18.2 Å². The van der Waals surface area contributed by atoms with Gasteiger partial charge in [-0.1, -0.05) is 36.4 Å². The zero-order valence-electron chi connectivity index (χ0n) is 12.5. The van der Waals surface area contributed by atoms with Crippen molar-refractivity contribution >= 4 is 11.6 Å². The summed E-state index contributed by atoms with van der Waals surface area (Å²) in [6, 6.07) is 16.3. The molecule has 0 aromatic heterocycles. The number of amides is 1. The largest absolute Gasteiger partial charge is 0.493 e. The fourth-order valence-corrected chi connectivity index (χ4v) is 3.51. The van der Waals surface area contributed by atoms with Crippen LogP contribution in [-0.4, -0.2) is 19.1 Å². The molecule has 0 spiro atoms. The van der Waals surface area contributed by atoms with Crippen LogP contribution >= 0.6 is 0 Å². The Morgan fingerprint density at radius 1 is 1.14 bits per heavy atom. The topological polar surface area (TPSA) is 29.5 Å². The fourth-order valence-electron chi connectivity index (χ4n) is 3.51. The van der Waals surface area contributed by atoms with E-state index in [4.69, 9.17) is 4.74 Å². The molecule has 0 aliphatic carbocycles. The van der Waals surface area contributed by atoms with Crippen molar-refractivity contribution in [3.8, 4) is 5.75 Å². The zero-order chi connectivity index (χ0) is 14.9. The highest BCUT2D eigenvalue weighted by atomic mass is 16.5. The van der Waals surface area contributed by atoms with Crippen LogP contribution in [0.3, 0.4) is 0 Å². The van der Waals surface area contributed by atoms with Gasteiger partial charge in [-0.05, 0) is 30.5 Å². The lowest BCUT2D eigenvalue weighted by molar-refractivity contribution is -0.119. The van der Waals surface area contributed by atoms with Gasteiger partial charge in [-0.25, -0.2) is 0 Å². The standard InChI is InChI=1S/C19H19NO2/c21-19(12-15-13-22-18-10-4-2-8-16(15)18)20-11-5-7-14-6-1-3-9-17(14)20/h1-4,6,8-10,15H,5,7,11-13H2. The molecule has 1 unspecified atom stereocenters. The number of anilines is 1. The van der Waals surface area contributed by atoms with Gasteiger partial charge >= 0.3 is 0 Å². The minimum absolute atomic E-state index is 0.179. The van der Waals surface area contributed by atoms with E-state index < -0.39 is 0 Å². The van der Waals surface area contributed by atoms with Gasteiger partial charge in [0.25, 0.3) is 0 Å². The Morgan fingerprint density at radius 2 is 1.95 bits per heavy atom. The normalized spacial score (nSPS) is 19.3. The number of carbonyl (C=O) groups is 1. The number of aryl methyl sites for hydroxylation is 1. The number of ether oxygens (including phenoxy) is 1. The summed E-state index contributed by atoms with van der Waals surface area (Å²) in [5, 5.41) is 0. The number of hydrogen-bond donors (Lipinski definition) is 0. The van der Waals surface area contributed by atoms with Gasteiger partial charge in [-0.2, -0.15) is 0 Å². The quantitative estimate of drug-likeness (QED) is 0.847. The Labute approximate surface area is 130 Å². The minimum Gasteiger partial charge on any atom is -0.493 e. The maximum Gasteiger partial charge on any atom is 0.227 e. The summed E-state index contributed by atoms with van der Waals surface area (Å²) in [6.45, 7) is 1.44. The van der Waals surface area contributed by atoms with E-state index in [1.807, 2.05) is 35.2 Å². The molecule has 2 aromatic carbocycles. The van der Waals surface area contributed by atoms with Crippen LogP contribution in [0, 0.1) is 0 Å². The molecule has 0 bridgehead atoms. The third kappa shape index (κ3) is 2.27. The Kier molecular flexibility index (Phi) is 3.34. The van der Waals surface area contributed by atoms with Crippen molar-refractivity contribution < 1.29 is 9.53 Å². The van der Waals surface area contributed by atoms with Crippen molar-refractivity contribution in [1.82, 2.24) is 0 Å². The molecule has 2 aliphatic rings. The van der Waals surface area contributed by atoms with Gasteiger partial charge in [0.05, 0.1) is 6.61 Å². The van der Waals surface area contributed by atoms with Crippen molar-refractivity contribution in [2.75, 3.05) is 18.1 Å². The second-order valence-electron chi connectivity index (χ2n) is 6.03. The van der Waals surface area contributed by atoms with Gasteiger partial charge in [-0.3, -0.25) is 4.79 Å². The van der Waals surface area contributed by atoms with E-state index in [1.165, 1.54) is 11.1 Å². The van der Waals surface area contributed by atoms with E-state index in [1.54, 1.807) is 0 Å². The van der Waals surface area contributed by atoms with Crippen LogP contribution in [0.4, 0.5) is 5.69 Å². The first-order chi connectivity index (χ1) is 10.8. The molecule has 0 fully saturated rings. The lowest BCUT2D eigenvalue weighted by Gasteiger charge is -2.30. The summed E-state index contributed by atoms with van der Waals surface area (Å²) in [6.07, 6.45) is 2.63. The molecule has 3 nitrogen and oxygen atoms in total. The third-order valence-electron chi connectivity index (χ3n) is 4.63. The van der Waals surface area contributed by atoms with E-state index in [-0.39, 0.29) is 11.8 Å². The number of rotatable bonds is 2. The van der Waals surface area contributed by atoms with Crippen LogP contribution in [-0.2, 0) is 11.2 Å². The maximum atomic E-state index is 12.8. The van der Waals surface area contributed by atoms with E-state index in [0.717, 1.165) is 30.8 Å².